The molecule has 2 aromatic heterocycles. The smallest absolute Gasteiger partial charge is 0.222 e. The van der Waals surface area contributed by atoms with Crippen molar-refractivity contribution in [3.8, 4) is 11.4 Å². The minimum Gasteiger partial charge on any atom is -0.368 e. The van der Waals surface area contributed by atoms with Crippen molar-refractivity contribution in [2.45, 2.75) is 13.0 Å². The van der Waals surface area contributed by atoms with Crippen LogP contribution in [0.25, 0.3) is 17.0 Å². The molecule has 0 saturated heterocycles. The van der Waals surface area contributed by atoms with Gasteiger partial charge in [-0.1, -0.05) is 42.5 Å². The van der Waals surface area contributed by atoms with Gasteiger partial charge in [0.25, 0.3) is 0 Å². The molecule has 0 saturated carbocycles. The molecule has 0 fully saturated rings. The van der Waals surface area contributed by atoms with Crippen LogP contribution in [0, 0.1) is 5.82 Å². The molecule has 7 nitrogen and oxygen atoms in total. The van der Waals surface area contributed by atoms with E-state index in [9.17, 15) is 9.18 Å². The van der Waals surface area contributed by atoms with Crippen molar-refractivity contribution in [2.24, 2.45) is 0 Å². The summed E-state index contributed by atoms with van der Waals surface area (Å²) in [7, 11) is 0. The number of carbonyl (C=O) groups is 1. The molecule has 2 heterocycles. The van der Waals surface area contributed by atoms with E-state index in [1.807, 2.05) is 30.3 Å². The summed E-state index contributed by atoms with van der Waals surface area (Å²) in [5.74, 6) is 0.420. The van der Waals surface area contributed by atoms with Crippen LogP contribution in [0.4, 0.5) is 10.2 Å². The van der Waals surface area contributed by atoms with Crippen molar-refractivity contribution in [1.82, 2.24) is 25.1 Å². The van der Waals surface area contributed by atoms with Gasteiger partial charge in [0, 0.05) is 19.5 Å². The van der Waals surface area contributed by atoms with Crippen LogP contribution in [0.15, 0.2) is 66.7 Å². The molecular weight excluding hydrogens is 371 g/mol. The number of hydrogen-bond acceptors (Lipinski definition) is 5. The number of halogens is 1. The Morgan fingerprint density at radius 3 is 2.59 bits per heavy atom. The molecule has 2 aromatic carbocycles. The lowest BCUT2D eigenvalue weighted by molar-refractivity contribution is -0.121. The second-order valence-electron chi connectivity index (χ2n) is 6.43. The highest BCUT2D eigenvalue weighted by Crippen LogP contribution is 2.21. The van der Waals surface area contributed by atoms with Crippen molar-refractivity contribution in [3.63, 3.8) is 0 Å². The molecule has 0 aliphatic heterocycles. The summed E-state index contributed by atoms with van der Waals surface area (Å²) >= 11 is 0. The van der Waals surface area contributed by atoms with Crippen LogP contribution in [-0.4, -0.2) is 32.3 Å². The molecule has 1 amide bonds. The fourth-order valence-corrected chi connectivity index (χ4v) is 2.88. The first-order valence-corrected chi connectivity index (χ1v) is 9.22. The van der Waals surface area contributed by atoms with Gasteiger partial charge in [0.2, 0.25) is 5.91 Å². The highest BCUT2D eigenvalue weighted by atomic mass is 19.1. The van der Waals surface area contributed by atoms with Gasteiger partial charge < -0.3 is 10.6 Å². The number of amides is 1. The van der Waals surface area contributed by atoms with E-state index in [4.69, 9.17) is 0 Å². The Morgan fingerprint density at radius 2 is 1.76 bits per heavy atom. The molecule has 4 rings (SSSR count). The van der Waals surface area contributed by atoms with Gasteiger partial charge in [0.1, 0.15) is 11.6 Å². The molecule has 0 unspecified atom stereocenters. The van der Waals surface area contributed by atoms with Crippen LogP contribution >= 0.6 is 0 Å². The first-order chi connectivity index (χ1) is 14.2. The molecule has 0 aliphatic rings. The lowest BCUT2D eigenvalue weighted by Crippen LogP contribution is -2.25. The second kappa shape index (κ2) is 8.47. The maximum atomic E-state index is 14.1. The molecule has 0 radical (unpaired) electrons. The fourth-order valence-electron chi connectivity index (χ4n) is 2.88. The number of rotatable bonds is 7. The first-order valence-electron chi connectivity index (χ1n) is 9.22. The van der Waals surface area contributed by atoms with Crippen LogP contribution in [0.2, 0.25) is 0 Å². The number of hydrogen-bond donors (Lipinski definition) is 2. The Bertz CT molecular complexity index is 1130. The normalized spacial score (nSPS) is 10.8. The van der Waals surface area contributed by atoms with Crippen LogP contribution in [0.3, 0.4) is 0 Å². The monoisotopic (exact) mass is 390 g/mol. The van der Waals surface area contributed by atoms with Gasteiger partial charge in [0.15, 0.2) is 11.5 Å². The van der Waals surface area contributed by atoms with Crippen molar-refractivity contribution < 1.29 is 9.18 Å². The summed E-state index contributed by atoms with van der Waals surface area (Å²) < 4.78 is 15.6. The second-order valence-corrected chi connectivity index (χ2v) is 6.43. The molecule has 4 aromatic rings. The summed E-state index contributed by atoms with van der Waals surface area (Å²) in [6.07, 6.45) is 0.300. The van der Waals surface area contributed by atoms with Crippen molar-refractivity contribution in [1.29, 1.82) is 0 Å². The van der Waals surface area contributed by atoms with Crippen LogP contribution in [0.1, 0.15) is 12.0 Å². The molecule has 0 spiro atoms. The first kappa shape index (κ1) is 18.5. The van der Waals surface area contributed by atoms with Gasteiger partial charge in [-0.3, -0.25) is 4.79 Å². The third-order valence-electron chi connectivity index (χ3n) is 4.37. The number of carbonyl (C=O) groups excluding carboxylic acids is 1. The molecule has 0 atom stereocenters. The Morgan fingerprint density at radius 1 is 0.966 bits per heavy atom. The molecule has 2 N–H and O–H groups in total. The number of anilines is 1. The van der Waals surface area contributed by atoms with Crippen LogP contribution in [0.5, 0.6) is 0 Å². The summed E-state index contributed by atoms with van der Waals surface area (Å²) in [6.45, 7) is 0.910. The molecular formula is C21H19FN6O. The maximum Gasteiger partial charge on any atom is 0.222 e. The predicted molar refractivity (Wildman–Crippen MR) is 108 cm³/mol. The number of benzene rings is 2. The van der Waals surface area contributed by atoms with E-state index in [0.29, 0.717) is 42.4 Å². The van der Waals surface area contributed by atoms with Crippen molar-refractivity contribution >= 4 is 17.4 Å². The average Bonchev–Trinajstić information content (AvgIpc) is 3.16. The lowest BCUT2D eigenvalue weighted by atomic mass is 10.2. The van der Waals surface area contributed by atoms with Gasteiger partial charge >= 0.3 is 0 Å². The van der Waals surface area contributed by atoms with E-state index in [0.717, 1.165) is 5.56 Å². The van der Waals surface area contributed by atoms with E-state index >= 15 is 0 Å². The summed E-state index contributed by atoms with van der Waals surface area (Å²) in [6, 6.07) is 19.6. The number of fused-ring (bicyclic) bond motifs is 1. The van der Waals surface area contributed by atoms with E-state index in [1.54, 1.807) is 30.3 Å². The zero-order valence-corrected chi connectivity index (χ0v) is 15.5. The predicted octanol–water partition coefficient (Wildman–Crippen LogP) is 3.05. The lowest BCUT2D eigenvalue weighted by Gasteiger charge is -2.08. The summed E-state index contributed by atoms with van der Waals surface area (Å²) in [4.78, 5) is 12.0. The number of nitrogens with zero attached hydrogens (tertiary/aromatic N) is 4. The minimum absolute atomic E-state index is 0.0567. The molecule has 29 heavy (non-hydrogen) atoms. The van der Waals surface area contributed by atoms with E-state index in [2.05, 4.69) is 25.9 Å². The third kappa shape index (κ3) is 4.37. The maximum absolute atomic E-state index is 14.1. The van der Waals surface area contributed by atoms with Gasteiger partial charge in [-0.15, -0.1) is 15.3 Å². The quantitative estimate of drug-likeness (QED) is 0.507. The Balaban J connectivity index is 1.38. The average molecular weight is 390 g/mol. The SMILES string of the molecule is O=C(CCNc1ccc2nnc(-c3ccccc3F)n2n1)NCc1ccccc1. The highest BCUT2D eigenvalue weighted by molar-refractivity contribution is 5.76. The Hall–Kier alpha value is -3.81. The fraction of sp³-hybridized carbons (Fsp3) is 0.143. The van der Waals surface area contributed by atoms with Gasteiger partial charge in [0.05, 0.1) is 5.56 Å². The van der Waals surface area contributed by atoms with E-state index < -0.39 is 5.82 Å². The van der Waals surface area contributed by atoms with Crippen LogP contribution < -0.4 is 10.6 Å². The topological polar surface area (TPSA) is 84.2 Å². The minimum atomic E-state index is -0.392. The molecule has 0 aliphatic carbocycles. The van der Waals surface area contributed by atoms with E-state index in [-0.39, 0.29) is 5.91 Å². The highest BCUT2D eigenvalue weighted by Gasteiger charge is 2.13. The van der Waals surface area contributed by atoms with Crippen molar-refractivity contribution in [3.05, 3.63) is 78.1 Å². The van der Waals surface area contributed by atoms with E-state index in [1.165, 1.54) is 10.6 Å². The largest absolute Gasteiger partial charge is 0.368 e. The van der Waals surface area contributed by atoms with Gasteiger partial charge in [-0.05, 0) is 29.8 Å². The zero-order chi connectivity index (χ0) is 20.1. The molecule has 146 valence electrons. The van der Waals surface area contributed by atoms with Gasteiger partial charge in [-0.25, -0.2) is 4.39 Å². The number of aromatic nitrogens is 4. The van der Waals surface area contributed by atoms with Crippen LogP contribution in [-0.2, 0) is 11.3 Å². The van der Waals surface area contributed by atoms with Gasteiger partial charge in [-0.2, -0.15) is 4.52 Å². The van der Waals surface area contributed by atoms with Crippen molar-refractivity contribution in [2.75, 3.05) is 11.9 Å². The Labute approximate surface area is 166 Å². The zero-order valence-electron chi connectivity index (χ0n) is 15.5. The summed E-state index contributed by atoms with van der Waals surface area (Å²) in [5, 5.41) is 18.5. The standard InChI is InChI=1S/C21H19FN6O/c22-17-9-5-4-8-16(17)21-26-25-19-11-10-18(27-28(19)21)23-13-12-20(29)24-14-15-6-2-1-3-7-15/h1-11H,12-14H2,(H,23,27)(H,24,29). The number of nitrogens with one attached hydrogen (secondary N) is 2. The molecule has 8 heteroatoms. The molecule has 0 bridgehead atoms. The summed E-state index contributed by atoms with van der Waals surface area (Å²) in [5.41, 5.74) is 1.88. The third-order valence-corrected chi connectivity index (χ3v) is 4.37. The Kier molecular flexibility index (Phi) is 5.42.